The zero-order valence-corrected chi connectivity index (χ0v) is 25.3. The van der Waals surface area contributed by atoms with E-state index in [1.807, 2.05) is 36.4 Å². The van der Waals surface area contributed by atoms with Gasteiger partial charge in [-0.25, -0.2) is 14.5 Å². The van der Waals surface area contributed by atoms with Crippen molar-refractivity contribution in [1.29, 1.82) is 0 Å². The number of hydrogen-bond acceptors (Lipinski definition) is 6. The van der Waals surface area contributed by atoms with Gasteiger partial charge in [-0.2, -0.15) is 5.10 Å². The normalized spacial score (nSPS) is 16.3. The number of carbonyl (C=O) groups excluding carboxylic acids is 3. The molecule has 2 aliphatic rings. The van der Waals surface area contributed by atoms with Gasteiger partial charge in [0.05, 0.1) is 34.5 Å². The van der Waals surface area contributed by atoms with E-state index in [1.165, 1.54) is 25.0 Å². The number of nitrogens with zero attached hydrogens (tertiary/aromatic N) is 3. The van der Waals surface area contributed by atoms with Gasteiger partial charge in [0.1, 0.15) is 5.54 Å². The van der Waals surface area contributed by atoms with Crippen LogP contribution in [0.2, 0.25) is 0 Å². The van der Waals surface area contributed by atoms with E-state index in [1.54, 1.807) is 25.1 Å². The molecule has 0 atom stereocenters. The molecule has 2 saturated carbocycles. The fourth-order valence-corrected chi connectivity index (χ4v) is 6.65. The van der Waals surface area contributed by atoms with E-state index in [-0.39, 0.29) is 24.2 Å². The minimum Gasteiger partial charge on any atom is -0.460 e. The lowest BCUT2D eigenvalue weighted by Crippen LogP contribution is -2.61. The highest BCUT2D eigenvalue weighted by molar-refractivity contribution is 6.06. The predicted molar refractivity (Wildman–Crippen MR) is 172 cm³/mol. The lowest BCUT2D eigenvalue weighted by molar-refractivity contribution is -0.125. The maximum Gasteiger partial charge on any atom is 0.374 e. The van der Waals surface area contributed by atoms with Gasteiger partial charge in [-0.1, -0.05) is 43.5 Å². The van der Waals surface area contributed by atoms with Crippen LogP contribution in [0.3, 0.4) is 0 Å². The van der Waals surface area contributed by atoms with E-state index >= 15 is 0 Å². The van der Waals surface area contributed by atoms with E-state index < -0.39 is 11.5 Å². The predicted octanol–water partition coefficient (Wildman–Crippen LogP) is 6.42. The van der Waals surface area contributed by atoms with Crippen molar-refractivity contribution in [3.63, 3.8) is 0 Å². The molecule has 10 nitrogen and oxygen atoms in total. The molecule has 0 unspecified atom stereocenters. The molecular formula is C35H36N6O4. The molecule has 2 fully saturated rings. The van der Waals surface area contributed by atoms with E-state index in [0.29, 0.717) is 41.0 Å². The van der Waals surface area contributed by atoms with Crippen molar-refractivity contribution in [2.24, 2.45) is 0 Å². The summed E-state index contributed by atoms with van der Waals surface area (Å²) in [5, 5.41) is 12.1. The molecule has 2 heterocycles. The number of aromatic nitrogens is 4. The zero-order valence-electron chi connectivity index (χ0n) is 25.3. The second kappa shape index (κ2) is 11.8. The average Bonchev–Trinajstić information content (AvgIpc) is 3.65. The lowest BCUT2D eigenvalue weighted by atomic mass is 9.75. The number of carbonyl (C=O) groups is 3. The Labute approximate surface area is 260 Å². The second-order valence-corrected chi connectivity index (χ2v) is 12.1. The van der Waals surface area contributed by atoms with Crippen LogP contribution in [0.5, 0.6) is 0 Å². The number of hydrogen-bond donors (Lipinski definition) is 3. The first-order chi connectivity index (χ1) is 21.9. The van der Waals surface area contributed by atoms with Crippen molar-refractivity contribution in [2.75, 3.05) is 11.9 Å². The summed E-state index contributed by atoms with van der Waals surface area (Å²) in [5.74, 6) is -0.590. The number of amides is 2. The fourth-order valence-electron chi connectivity index (χ4n) is 6.65. The number of para-hydroxylation sites is 1. The van der Waals surface area contributed by atoms with E-state index in [2.05, 4.69) is 37.4 Å². The van der Waals surface area contributed by atoms with Gasteiger partial charge in [-0.05, 0) is 81.5 Å². The first-order valence-corrected chi connectivity index (χ1v) is 15.8. The number of esters is 1. The Balaban J connectivity index is 1.12. The summed E-state index contributed by atoms with van der Waals surface area (Å²) in [6, 6.07) is 21.0. The van der Waals surface area contributed by atoms with Crippen LogP contribution in [0.4, 0.5) is 5.69 Å². The van der Waals surface area contributed by atoms with Crippen molar-refractivity contribution in [1.82, 2.24) is 25.1 Å². The Morgan fingerprint density at radius 1 is 0.956 bits per heavy atom. The van der Waals surface area contributed by atoms with Crippen molar-refractivity contribution in [3.8, 4) is 5.69 Å². The summed E-state index contributed by atoms with van der Waals surface area (Å²) >= 11 is 0. The molecule has 0 aliphatic heterocycles. The summed E-state index contributed by atoms with van der Waals surface area (Å²) in [4.78, 5) is 46.5. The van der Waals surface area contributed by atoms with Gasteiger partial charge in [0.2, 0.25) is 11.7 Å². The number of aromatic amines is 1. The number of fused-ring (bicyclic) bond motifs is 2. The lowest BCUT2D eigenvalue weighted by Gasteiger charge is -2.40. The summed E-state index contributed by atoms with van der Waals surface area (Å²) in [7, 11) is 0. The quantitative estimate of drug-likeness (QED) is 0.175. The van der Waals surface area contributed by atoms with Crippen molar-refractivity contribution < 1.29 is 19.1 Å². The Kier molecular flexibility index (Phi) is 7.56. The highest BCUT2D eigenvalue weighted by Crippen LogP contribution is 2.38. The number of imidazole rings is 1. The molecule has 0 spiro atoms. The Hall–Kier alpha value is -4.99. The van der Waals surface area contributed by atoms with Crippen LogP contribution in [0, 0.1) is 0 Å². The molecule has 3 N–H and O–H groups in total. The van der Waals surface area contributed by atoms with E-state index in [9.17, 15) is 14.4 Å². The molecule has 3 aromatic carbocycles. The molecule has 0 saturated heterocycles. The molecule has 2 aromatic heterocycles. The maximum absolute atomic E-state index is 13.6. The van der Waals surface area contributed by atoms with Crippen LogP contribution in [0.25, 0.3) is 27.6 Å². The fraction of sp³-hybridized carbons (Fsp3) is 0.343. The van der Waals surface area contributed by atoms with Gasteiger partial charge in [-0.3, -0.25) is 9.59 Å². The first-order valence-electron chi connectivity index (χ1n) is 15.8. The highest BCUT2D eigenvalue weighted by atomic mass is 16.5. The minimum absolute atomic E-state index is 0.106. The molecular weight excluding hydrogens is 568 g/mol. The monoisotopic (exact) mass is 604 g/mol. The molecule has 2 amide bonds. The van der Waals surface area contributed by atoms with Crippen LogP contribution in [-0.4, -0.2) is 49.7 Å². The van der Waals surface area contributed by atoms with Gasteiger partial charge < -0.3 is 20.4 Å². The molecule has 0 bridgehead atoms. The van der Waals surface area contributed by atoms with Crippen molar-refractivity contribution in [2.45, 2.75) is 69.7 Å². The Bertz CT molecular complexity index is 1900. The largest absolute Gasteiger partial charge is 0.460 e. The third-order valence-corrected chi connectivity index (χ3v) is 9.17. The van der Waals surface area contributed by atoms with Crippen LogP contribution in [0.1, 0.15) is 90.9 Å². The summed E-state index contributed by atoms with van der Waals surface area (Å²) in [6.45, 7) is 1.98. The second-order valence-electron chi connectivity index (χ2n) is 12.1. The third-order valence-electron chi connectivity index (χ3n) is 9.17. The van der Waals surface area contributed by atoms with Gasteiger partial charge in [0.25, 0.3) is 5.91 Å². The highest BCUT2D eigenvalue weighted by Gasteiger charge is 2.45. The van der Waals surface area contributed by atoms with Crippen LogP contribution in [0.15, 0.2) is 66.7 Å². The van der Waals surface area contributed by atoms with Crippen molar-refractivity contribution >= 4 is 45.4 Å². The first kappa shape index (κ1) is 28.8. The molecule has 230 valence electrons. The number of ether oxygens (including phenoxy) is 1. The summed E-state index contributed by atoms with van der Waals surface area (Å²) in [5.41, 5.74) is 4.17. The summed E-state index contributed by atoms with van der Waals surface area (Å²) < 4.78 is 7.07. The molecule has 0 radical (unpaired) electrons. The SMILES string of the molecule is CCOC(=O)c1nc2ccc(NC(=O)C3(NC(=O)c4ccc5c(C6CCCCC6)n(-c6ccccc6)nc5c4)CCC3)cc2[nH]1. The number of anilines is 1. The molecule has 10 heteroatoms. The number of benzene rings is 3. The number of rotatable bonds is 8. The topological polar surface area (TPSA) is 131 Å². The van der Waals surface area contributed by atoms with Gasteiger partial charge >= 0.3 is 5.97 Å². The van der Waals surface area contributed by atoms with E-state index in [4.69, 9.17) is 9.84 Å². The molecule has 45 heavy (non-hydrogen) atoms. The smallest absolute Gasteiger partial charge is 0.374 e. The number of H-pyrrole nitrogens is 1. The Morgan fingerprint density at radius 3 is 2.49 bits per heavy atom. The minimum atomic E-state index is -1.01. The van der Waals surface area contributed by atoms with Crippen LogP contribution >= 0.6 is 0 Å². The van der Waals surface area contributed by atoms with Gasteiger partial charge in [0.15, 0.2) is 0 Å². The molecule has 2 aliphatic carbocycles. The molecule has 7 rings (SSSR count). The van der Waals surface area contributed by atoms with Crippen LogP contribution in [-0.2, 0) is 9.53 Å². The molecule has 5 aromatic rings. The average molecular weight is 605 g/mol. The van der Waals surface area contributed by atoms with Crippen molar-refractivity contribution in [3.05, 3.63) is 83.8 Å². The Morgan fingerprint density at radius 2 is 1.76 bits per heavy atom. The maximum atomic E-state index is 13.6. The summed E-state index contributed by atoms with van der Waals surface area (Å²) in [6.07, 6.45) is 7.87. The van der Waals surface area contributed by atoms with E-state index in [0.717, 1.165) is 35.9 Å². The number of nitrogens with one attached hydrogen (secondary N) is 3. The third kappa shape index (κ3) is 5.45. The van der Waals surface area contributed by atoms with Gasteiger partial charge in [0, 0.05) is 22.6 Å². The standard InChI is InChI=1S/C35H36N6O4/c1-2-45-33(43)31-37-27-17-15-24(21-29(27)38-31)36-34(44)35(18-9-19-35)39-32(42)23-14-16-26-28(20-23)40-41(25-12-7-4-8-13-25)30(26)22-10-5-3-6-11-22/h4,7-8,12-17,20-22H,2-3,5-6,9-11,18-19H2,1H3,(H,36,44)(H,37,38)(H,39,42). The zero-order chi connectivity index (χ0) is 31.0. The van der Waals surface area contributed by atoms with Gasteiger partial charge in [-0.15, -0.1) is 0 Å². The van der Waals surface area contributed by atoms with Crippen LogP contribution < -0.4 is 10.6 Å².